The van der Waals surface area contributed by atoms with E-state index in [1.54, 1.807) is 0 Å². The molecule has 0 aromatic heterocycles. The predicted molar refractivity (Wildman–Crippen MR) is 84.7 cm³/mol. The van der Waals surface area contributed by atoms with Crippen molar-refractivity contribution in [3.05, 3.63) is 65.2 Å². The number of hydrogen-bond donors (Lipinski definition) is 1. The van der Waals surface area contributed by atoms with Crippen LogP contribution in [0.2, 0.25) is 0 Å². The van der Waals surface area contributed by atoms with Gasteiger partial charge in [0, 0.05) is 0 Å². The molecule has 0 heterocycles. The number of rotatable bonds is 5. The average molecular weight is 337 g/mol. The highest BCUT2D eigenvalue weighted by atomic mass is 19.4. The summed E-state index contributed by atoms with van der Waals surface area (Å²) in [6, 6.07) is 11.9. The Kier molecular flexibility index (Phi) is 5.49. The lowest BCUT2D eigenvalue weighted by atomic mass is 10.0. The molecular weight excluding hydrogens is 319 g/mol. The molecule has 1 amide bonds. The molecule has 0 aliphatic heterocycles. The highest BCUT2D eigenvalue weighted by molar-refractivity contribution is 5.78. The molecule has 0 spiro atoms. The number of benzene rings is 2. The van der Waals surface area contributed by atoms with Gasteiger partial charge in [0.25, 0.3) is 5.91 Å². The zero-order valence-corrected chi connectivity index (χ0v) is 13.4. The van der Waals surface area contributed by atoms with Crippen molar-refractivity contribution in [1.29, 1.82) is 0 Å². The van der Waals surface area contributed by atoms with Gasteiger partial charge in [-0.15, -0.1) is 0 Å². The molecule has 0 aliphatic rings. The first-order valence-corrected chi connectivity index (χ1v) is 7.42. The smallest absolute Gasteiger partial charge is 0.416 e. The van der Waals surface area contributed by atoms with E-state index in [1.807, 2.05) is 38.1 Å². The Hall–Kier alpha value is -2.50. The van der Waals surface area contributed by atoms with Crippen molar-refractivity contribution >= 4 is 5.91 Å². The van der Waals surface area contributed by atoms with E-state index in [9.17, 15) is 18.0 Å². The maximum atomic E-state index is 12.6. The van der Waals surface area contributed by atoms with Gasteiger partial charge in [0.2, 0.25) is 0 Å². The lowest BCUT2D eigenvalue weighted by Gasteiger charge is -2.17. The number of alkyl halides is 3. The molecule has 6 heteroatoms. The summed E-state index contributed by atoms with van der Waals surface area (Å²) >= 11 is 0. The number of hydrogen-bond acceptors (Lipinski definition) is 2. The van der Waals surface area contributed by atoms with Crippen molar-refractivity contribution in [3.63, 3.8) is 0 Å². The minimum Gasteiger partial charge on any atom is -0.484 e. The monoisotopic (exact) mass is 337 g/mol. The molecule has 24 heavy (non-hydrogen) atoms. The molecule has 128 valence electrons. The van der Waals surface area contributed by atoms with E-state index in [4.69, 9.17) is 4.74 Å². The fraction of sp³-hybridized carbons (Fsp3) is 0.278. The summed E-state index contributed by atoms with van der Waals surface area (Å²) in [5, 5.41) is 2.77. The Morgan fingerprint density at radius 1 is 1.17 bits per heavy atom. The number of aryl methyl sites for hydroxylation is 1. The largest absolute Gasteiger partial charge is 0.484 e. The SMILES string of the molecule is Cc1ccccc1C(C)NC(=O)COc1cccc(C(F)(F)F)c1. The summed E-state index contributed by atoms with van der Waals surface area (Å²) in [6.45, 7) is 3.43. The van der Waals surface area contributed by atoms with Crippen LogP contribution in [0.25, 0.3) is 0 Å². The normalized spacial score (nSPS) is 12.5. The molecule has 0 saturated heterocycles. The first-order chi connectivity index (χ1) is 11.3. The Morgan fingerprint density at radius 3 is 2.54 bits per heavy atom. The van der Waals surface area contributed by atoms with Crippen LogP contribution in [0.15, 0.2) is 48.5 Å². The molecule has 0 fully saturated rings. The molecule has 2 rings (SSSR count). The van der Waals surface area contributed by atoms with Crippen LogP contribution < -0.4 is 10.1 Å². The van der Waals surface area contributed by atoms with E-state index in [1.165, 1.54) is 12.1 Å². The quantitative estimate of drug-likeness (QED) is 0.885. The van der Waals surface area contributed by atoms with Crippen molar-refractivity contribution in [3.8, 4) is 5.75 Å². The van der Waals surface area contributed by atoms with E-state index in [2.05, 4.69) is 5.32 Å². The van der Waals surface area contributed by atoms with Gasteiger partial charge >= 0.3 is 6.18 Å². The number of ether oxygens (including phenoxy) is 1. The number of carbonyl (C=O) groups is 1. The third-order valence-electron chi connectivity index (χ3n) is 3.56. The zero-order valence-electron chi connectivity index (χ0n) is 13.4. The van der Waals surface area contributed by atoms with Crippen LogP contribution in [0.1, 0.15) is 29.7 Å². The van der Waals surface area contributed by atoms with Crippen LogP contribution in [0.3, 0.4) is 0 Å². The molecule has 2 aromatic carbocycles. The summed E-state index contributed by atoms with van der Waals surface area (Å²) in [6.07, 6.45) is -4.44. The van der Waals surface area contributed by atoms with Gasteiger partial charge < -0.3 is 10.1 Å². The number of nitrogens with one attached hydrogen (secondary N) is 1. The lowest BCUT2D eigenvalue weighted by molar-refractivity contribution is -0.137. The van der Waals surface area contributed by atoms with Gasteiger partial charge in [-0.05, 0) is 43.2 Å². The third-order valence-corrected chi connectivity index (χ3v) is 3.56. The summed E-state index contributed by atoms with van der Waals surface area (Å²) in [4.78, 5) is 11.9. The highest BCUT2D eigenvalue weighted by Gasteiger charge is 2.30. The molecule has 1 N–H and O–H groups in total. The van der Waals surface area contributed by atoms with Gasteiger partial charge in [-0.25, -0.2) is 0 Å². The molecule has 0 radical (unpaired) electrons. The Bertz CT molecular complexity index is 713. The highest BCUT2D eigenvalue weighted by Crippen LogP contribution is 2.31. The van der Waals surface area contributed by atoms with Crippen molar-refractivity contribution in [1.82, 2.24) is 5.32 Å². The molecule has 3 nitrogen and oxygen atoms in total. The fourth-order valence-electron chi connectivity index (χ4n) is 2.34. The molecule has 1 atom stereocenters. The first kappa shape index (κ1) is 17.8. The van der Waals surface area contributed by atoms with E-state index >= 15 is 0 Å². The van der Waals surface area contributed by atoms with Crippen LogP contribution in [-0.4, -0.2) is 12.5 Å². The van der Waals surface area contributed by atoms with Gasteiger partial charge in [0.15, 0.2) is 6.61 Å². The molecular formula is C18H18F3NO2. The standard InChI is InChI=1S/C18H18F3NO2/c1-12-6-3-4-9-16(12)13(2)22-17(23)11-24-15-8-5-7-14(10-15)18(19,20)21/h3-10,13H,11H2,1-2H3,(H,22,23). The second kappa shape index (κ2) is 7.38. The van der Waals surface area contributed by atoms with Gasteiger partial charge in [0.05, 0.1) is 11.6 Å². The van der Waals surface area contributed by atoms with Gasteiger partial charge in [-0.1, -0.05) is 30.3 Å². The third kappa shape index (κ3) is 4.75. The first-order valence-electron chi connectivity index (χ1n) is 7.42. The number of halogens is 3. The maximum Gasteiger partial charge on any atom is 0.416 e. The van der Waals surface area contributed by atoms with Crippen molar-refractivity contribution in [2.24, 2.45) is 0 Å². The molecule has 0 aliphatic carbocycles. The van der Waals surface area contributed by atoms with E-state index in [-0.39, 0.29) is 18.4 Å². The summed E-state index contributed by atoms with van der Waals surface area (Å²) in [7, 11) is 0. The molecule has 1 unspecified atom stereocenters. The zero-order chi connectivity index (χ0) is 17.7. The Labute approximate surface area is 138 Å². The van der Waals surface area contributed by atoms with Gasteiger partial charge in [-0.3, -0.25) is 4.79 Å². The minimum absolute atomic E-state index is 0.00326. The van der Waals surface area contributed by atoms with Crippen molar-refractivity contribution in [2.75, 3.05) is 6.61 Å². The topological polar surface area (TPSA) is 38.3 Å². The van der Waals surface area contributed by atoms with E-state index in [0.29, 0.717) is 0 Å². The van der Waals surface area contributed by atoms with E-state index < -0.39 is 17.6 Å². The van der Waals surface area contributed by atoms with Gasteiger partial charge in [-0.2, -0.15) is 13.2 Å². The summed E-state index contributed by atoms with van der Waals surface area (Å²) in [5.41, 5.74) is 1.21. The van der Waals surface area contributed by atoms with Crippen LogP contribution in [0.5, 0.6) is 5.75 Å². The van der Waals surface area contributed by atoms with E-state index in [0.717, 1.165) is 23.3 Å². The Morgan fingerprint density at radius 2 is 1.88 bits per heavy atom. The van der Waals surface area contributed by atoms with Crippen LogP contribution in [0.4, 0.5) is 13.2 Å². The summed E-state index contributed by atoms with van der Waals surface area (Å²) < 4.78 is 43.0. The minimum atomic E-state index is -4.44. The lowest BCUT2D eigenvalue weighted by Crippen LogP contribution is -2.31. The van der Waals surface area contributed by atoms with Crippen LogP contribution in [0, 0.1) is 6.92 Å². The fourth-order valence-corrected chi connectivity index (χ4v) is 2.34. The maximum absolute atomic E-state index is 12.6. The second-order valence-electron chi connectivity index (χ2n) is 5.46. The van der Waals surface area contributed by atoms with Crippen molar-refractivity contribution < 1.29 is 22.7 Å². The molecule has 0 bridgehead atoms. The number of amides is 1. The van der Waals surface area contributed by atoms with Gasteiger partial charge in [0.1, 0.15) is 5.75 Å². The van der Waals surface area contributed by atoms with Crippen molar-refractivity contribution in [2.45, 2.75) is 26.1 Å². The second-order valence-corrected chi connectivity index (χ2v) is 5.46. The predicted octanol–water partition coefficient (Wildman–Crippen LogP) is 4.27. The average Bonchev–Trinajstić information content (AvgIpc) is 2.53. The Balaban J connectivity index is 1.93. The van der Waals surface area contributed by atoms with Crippen LogP contribution in [-0.2, 0) is 11.0 Å². The molecule has 2 aromatic rings. The molecule has 0 saturated carbocycles. The van der Waals surface area contributed by atoms with Crippen LogP contribution >= 0.6 is 0 Å². The summed E-state index contributed by atoms with van der Waals surface area (Å²) in [5.74, 6) is -0.397. The number of carbonyl (C=O) groups excluding carboxylic acids is 1.